The van der Waals surface area contributed by atoms with Gasteiger partial charge < -0.3 is 0 Å². The molecule has 1 unspecified atom stereocenters. The number of aromatic nitrogens is 1. The Balaban J connectivity index is 2.46. The molecule has 0 saturated carbocycles. The normalized spacial score (nSPS) is 21.7. The molecule has 0 fully saturated rings. The fraction of sp³-hybridized carbons (Fsp3) is 0.500. The summed E-state index contributed by atoms with van der Waals surface area (Å²) in [6, 6.07) is 11.7. The zero-order valence-corrected chi connectivity index (χ0v) is 15.5. The Morgan fingerprint density at radius 3 is 2.13 bits per heavy atom. The van der Waals surface area contributed by atoms with E-state index in [2.05, 4.69) is 82.6 Å². The van der Waals surface area contributed by atoms with Crippen LogP contribution in [0.25, 0.3) is 11.3 Å². The van der Waals surface area contributed by atoms with Gasteiger partial charge in [0.2, 0.25) is 5.69 Å². The first-order valence-electron chi connectivity index (χ1n) is 9.07. The monoisotopic (exact) mass is 308 g/mol. The van der Waals surface area contributed by atoms with Gasteiger partial charge in [0.05, 0.1) is 11.0 Å². The Morgan fingerprint density at radius 1 is 0.870 bits per heavy atom. The van der Waals surface area contributed by atoms with E-state index in [-0.39, 0.29) is 11.0 Å². The molecule has 1 aliphatic heterocycles. The van der Waals surface area contributed by atoms with E-state index in [1.807, 2.05) is 0 Å². The molecule has 0 N–H and O–H groups in total. The Bertz CT molecular complexity index is 740. The molecule has 3 rings (SSSR count). The van der Waals surface area contributed by atoms with Crippen molar-refractivity contribution in [1.82, 2.24) is 0 Å². The Hall–Kier alpha value is -1.63. The Morgan fingerprint density at radius 2 is 1.52 bits per heavy atom. The van der Waals surface area contributed by atoms with Crippen LogP contribution in [0.3, 0.4) is 0 Å². The molecule has 1 nitrogen and oxygen atoms in total. The van der Waals surface area contributed by atoms with Gasteiger partial charge in [-0.1, -0.05) is 38.5 Å². The highest BCUT2D eigenvalue weighted by Crippen LogP contribution is 2.51. The minimum absolute atomic E-state index is 0.146. The molecule has 0 aliphatic carbocycles. The van der Waals surface area contributed by atoms with Gasteiger partial charge in [-0.2, -0.15) is 4.57 Å². The summed E-state index contributed by atoms with van der Waals surface area (Å²) >= 11 is 0. The third-order valence-corrected chi connectivity index (χ3v) is 6.52. The molecule has 1 aliphatic rings. The molecule has 122 valence electrons. The second kappa shape index (κ2) is 5.47. The summed E-state index contributed by atoms with van der Waals surface area (Å²) in [6.07, 6.45) is 5.80. The SMILES string of the molecule is CCC1(C)c2ccc(C)cc2-c2cc(C)cc[n+]2C1(CC)CC. The maximum absolute atomic E-state index is 2.59. The van der Waals surface area contributed by atoms with E-state index in [1.54, 1.807) is 0 Å². The van der Waals surface area contributed by atoms with Crippen molar-refractivity contribution in [2.24, 2.45) is 0 Å². The van der Waals surface area contributed by atoms with Crippen molar-refractivity contribution in [3.63, 3.8) is 0 Å². The molecule has 1 aromatic heterocycles. The number of benzene rings is 1. The highest BCUT2D eigenvalue weighted by Gasteiger charge is 2.58. The fourth-order valence-corrected chi connectivity index (χ4v) is 4.94. The van der Waals surface area contributed by atoms with Crippen molar-refractivity contribution in [3.05, 3.63) is 53.2 Å². The van der Waals surface area contributed by atoms with Crippen molar-refractivity contribution in [1.29, 1.82) is 0 Å². The van der Waals surface area contributed by atoms with Crippen molar-refractivity contribution in [2.45, 2.75) is 71.8 Å². The second-order valence-electron chi connectivity index (χ2n) is 7.43. The van der Waals surface area contributed by atoms with Gasteiger partial charge in [-0.15, -0.1) is 0 Å². The molecule has 2 aromatic rings. The molecule has 0 radical (unpaired) electrons. The lowest BCUT2D eigenvalue weighted by atomic mass is 9.59. The topological polar surface area (TPSA) is 3.88 Å². The molecule has 0 amide bonds. The van der Waals surface area contributed by atoms with Gasteiger partial charge in [-0.25, -0.2) is 0 Å². The standard InChI is InChI=1S/C22H30N/c1-7-21(6)19-11-10-16(4)14-18(19)20-15-17(5)12-13-23(20)22(21,8-2)9-3/h10-15H,7-9H2,1-6H3/q+1. The van der Waals surface area contributed by atoms with E-state index in [0.717, 1.165) is 19.3 Å². The van der Waals surface area contributed by atoms with Crippen LogP contribution in [0.1, 0.15) is 63.6 Å². The maximum Gasteiger partial charge on any atom is 0.213 e. The highest BCUT2D eigenvalue weighted by atomic mass is 15.1. The molecule has 1 heteroatoms. The van der Waals surface area contributed by atoms with Crippen LogP contribution in [0.2, 0.25) is 0 Å². The van der Waals surface area contributed by atoms with E-state index in [1.165, 1.54) is 27.9 Å². The van der Waals surface area contributed by atoms with Crippen molar-refractivity contribution >= 4 is 0 Å². The van der Waals surface area contributed by atoms with Gasteiger partial charge in [-0.05, 0) is 44.4 Å². The first-order valence-corrected chi connectivity index (χ1v) is 9.07. The molecule has 0 spiro atoms. The van der Waals surface area contributed by atoms with E-state index < -0.39 is 0 Å². The van der Waals surface area contributed by atoms with Gasteiger partial charge in [0.25, 0.3) is 0 Å². The first kappa shape index (κ1) is 16.2. The smallest absolute Gasteiger partial charge is 0.192 e. The maximum atomic E-state index is 2.59. The van der Waals surface area contributed by atoms with Crippen LogP contribution < -0.4 is 4.57 Å². The lowest BCUT2D eigenvalue weighted by molar-refractivity contribution is -0.769. The van der Waals surface area contributed by atoms with Gasteiger partial charge in [-0.3, -0.25) is 0 Å². The summed E-state index contributed by atoms with van der Waals surface area (Å²) < 4.78 is 2.59. The molecular weight excluding hydrogens is 278 g/mol. The summed E-state index contributed by atoms with van der Waals surface area (Å²) in [5, 5.41) is 0. The van der Waals surface area contributed by atoms with Crippen LogP contribution in [0.15, 0.2) is 36.5 Å². The average Bonchev–Trinajstić information content (AvgIpc) is 2.56. The molecule has 0 saturated heterocycles. The van der Waals surface area contributed by atoms with Crippen LogP contribution in [0, 0.1) is 13.8 Å². The van der Waals surface area contributed by atoms with Gasteiger partial charge in [0, 0.05) is 25.0 Å². The molecule has 1 atom stereocenters. The summed E-state index contributed by atoms with van der Waals surface area (Å²) in [6.45, 7) is 13.9. The van der Waals surface area contributed by atoms with Gasteiger partial charge in [0.15, 0.2) is 11.7 Å². The average molecular weight is 308 g/mol. The number of aryl methyl sites for hydroxylation is 2. The predicted molar refractivity (Wildman–Crippen MR) is 97.7 cm³/mol. The number of hydrogen-bond acceptors (Lipinski definition) is 0. The van der Waals surface area contributed by atoms with Crippen molar-refractivity contribution in [2.75, 3.05) is 0 Å². The van der Waals surface area contributed by atoms with Crippen LogP contribution in [0.5, 0.6) is 0 Å². The van der Waals surface area contributed by atoms with E-state index in [9.17, 15) is 0 Å². The third kappa shape index (κ3) is 2.02. The number of pyridine rings is 1. The zero-order valence-electron chi connectivity index (χ0n) is 15.5. The number of hydrogen-bond donors (Lipinski definition) is 0. The Kier molecular flexibility index (Phi) is 3.86. The van der Waals surface area contributed by atoms with Crippen LogP contribution in [0.4, 0.5) is 0 Å². The first-order chi connectivity index (χ1) is 10.9. The quantitative estimate of drug-likeness (QED) is 0.663. The molecular formula is C22H30N+. The van der Waals surface area contributed by atoms with E-state index in [4.69, 9.17) is 0 Å². The molecule has 23 heavy (non-hydrogen) atoms. The minimum Gasteiger partial charge on any atom is -0.192 e. The third-order valence-electron chi connectivity index (χ3n) is 6.52. The summed E-state index contributed by atoms with van der Waals surface area (Å²) in [5.41, 5.74) is 7.33. The summed E-state index contributed by atoms with van der Waals surface area (Å²) in [7, 11) is 0. The van der Waals surface area contributed by atoms with Gasteiger partial charge in [0.1, 0.15) is 0 Å². The zero-order chi connectivity index (χ0) is 16.8. The number of rotatable bonds is 3. The Labute approximate surface area is 141 Å². The molecule has 0 bridgehead atoms. The second-order valence-corrected chi connectivity index (χ2v) is 7.43. The number of fused-ring (bicyclic) bond motifs is 3. The molecule has 2 heterocycles. The predicted octanol–water partition coefficient (Wildman–Crippen LogP) is 5.45. The minimum atomic E-state index is 0.146. The van der Waals surface area contributed by atoms with E-state index in [0.29, 0.717) is 0 Å². The summed E-state index contributed by atoms with van der Waals surface area (Å²) in [4.78, 5) is 0. The van der Waals surface area contributed by atoms with Crippen LogP contribution in [-0.2, 0) is 11.0 Å². The van der Waals surface area contributed by atoms with Gasteiger partial charge >= 0.3 is 0 Å². The lowest BCUT2D eigenvalue weighted by Gasteiger charge is -2.47. The van der Waals surface area contributed by atoms with Crippen LogP contribution in [-0.4, -0.2) is 0 Å². The van der Waals surface area contributed by atoms with Crippen molar-refractivity contribution < 1.29 is 4.57 Å². The summed E-state index contributed by atoms with van der Waals surface area (Å²) in [5.74, 6) is 0. The lowest BCUT2D eigenvalue weighted by Crippen LogP contribution is -2.68. The van der Waals surface area contributed by atoms with Crippen molar-refractivity contribution in [3.8, 4) is 11.3 Å². The highest BCUT2D eigenvalue weighted by molar-refractivity contribution is 5.66. The largest absolute Gasteiger partial charge is 0.213 e. The molecule has 1 aromatic carbocycles. The fourth-order valence-electron chi connectivity index (χ4n) is 4.94. The van der Waals surface area contributed by atoms with Crippen LogP contribution >= 0.6 is 0 Å². The number of nitrogens with zero attached hydrogens (tertiary/aromatic N) is 1. The van der Waals surface area contributed by atoms with E-state index >= 15 is 0 Å².